The summed E-state index contributed by atoms with van der Waals surface area (Å²) in [6.45, 7) is 2.24. The average molecular weight is 243 g/mol. The van der Waals surface area contributed by atoms with E-state index in [1.54, 1.807) is 6.07 Å². The second kappa shape index (κ2) is 6.67. The Hall–Kier alpha value is -1.00. The molecular formula is C13H19F2NO. The molecule has 0 fully saturated rings. The lowest BCUT2D eigenvalue weighted by molar-refractivity contribution is 0.214. The van der Waals surface area contributed by atoms with Crippen LogP contribution in [0.25, 0.3) is 0 Å². The van der Waals surface area contributed by atoms with Crippen LogP contribution in [0.15, 0.2) is 18.2 Å². The second-order valence-electron chi connectivity index (χ2n) is 4.27. The van der Waals surface area contributed by atoms with Gasteiger partial charge in [-0.2, -0.15) is 0 Å². The van der Waals surface area contributed by atoms with Crippen LogP contribution in [0.3, 0.4) is 0 Å². The van der Waals surface area contributed by atoms with Crippen molar-refractivity contribution in [2.24, 2.45) is 11.7 Å². The van der Waals surface area contributed by atoms with Crippen LogP contribution in [0.1, 0.15) is 31.2 Å². The molecule has 2 atom stereocenters. The highest BCUT2D eigenvalue weighted by molar-refractivity contribution is 5.23. The van der Waals surface area contributed by atoms with E-state index in [4.69, 9.17) is 10.8 Å². The molecule has 0 aliphatic carbocycles. The Morgan fingerprint density at radius 1 is 1.35 bits per heavy atom. The van der Waals surface area contributed by atoms with Gasteiger partial charge in [0.1, 0.15) is 0 Å². The number of rotatable bonds is 6. The van der Waals surface area contributed by atoms with Crippen molar-refractivity contribution in [1.82, 2.24) is 0 Å². The van der Waals surface area contributed by atoms with Gasteiger partial charge in [0.05, 0.1) is 0 Å². The second-order valence-corrected chi connectivity index (χ2v) is 4.27. The molecule has 0 bridgehead atoms. The molecule has 0 spiro atoms. The van der Waals surface area contributed by atoms with Gasteiger partial charge >= 0.3 is 0 Å². The Morgan fingerprint density at radius 3 is 2.59 bits per heavy atom. The zero-order chi connectivity index (χ0) is 12.8. The van der Waals surface area contributed by atoms with E-state index >= 15 is 0 Å². The summed E-state index contributed by atoms with van der Waals surface area (Å²) in [7, 11) is 0. The number of hydrogen-bond acceptors (Lipinski definition) is 2. The van der Waals surface area contributed by atoms with Gasteiger partial charge in [-0.25, -0.2) is 8.78 Å². The van der Waals surface area contributed by atoms with Gasteiger partial charge in [-0.3, -0.25) is 0 Å². The summed E-state index contributed by atoms with van der Waals surface area (Å²) in [4.78, 5) is 0. The number of benzene rings is 1. The third kappa shape index (κ3) is 3.48. The van der Waals surface area contributed by atoms with E-state index in [1.165, 1.54) is 6.07 Å². The molecule has 2 nitrogen and oxygen atoms in total. The number of hydrogen-bond donors (Lipinski definition) is 2. The first kappa shape index (κ1) is 14.1. The third-order valence-corrected chi connectivity index (χ3v) is 3.12. The normalized spacial score (nSPS) is 14.6. The first-order valence-electron chi connectivity index (χ1n) is 5.88. The quantitative estimate of drug-likeness (QED) is 0.806. The molecule has 0 aliphatic heterocycles. The van der Waals surface area contributed by atoms with Crippen molar-refractivity contribution < 1.29 is 13.9 Å². The highest BCUT2D eigenvalue weighted by atomic mass is 19.2. The summed E-state index contributed by atoms with van der Waals surface area (Å²) in [5.74, 6) is -1.78. The largest absolute Gasteiger partial charge is 0.396 e. The van der Waals surface area contributed by atoms with Crippen LogP contribution in [0.5, 0.6) is 0 Å². The molecule has 1 aromatic carbocycles. The maximum Gasteiger partial charge on any atom is 0.162 e. The lowest BCUT2D eigenvalue weighted by atomic mass is 9.87. The molecule has 4 heteroatoms. The Kier molecular flexibility index (Phi) is 5.51. The zero-order valence-corrected chi connectivity index (χ0v) is 10.00. The minimum Gasteiger partial charge on any atom is -0.396 e. The molecule has 1 aromatic rings. The van der Waals surface area contributed by atoms with Gasteiger partial charge in [0.25, 0.3) is 0 Å². The monoisotopic (exact) mass is 243 g/mol. The van der Waals surface area contributed by atoms with Crippen LogP contribution in [0.2, 0.25) is 0 Å². The minimum atomic E-state index is -0.825. The summed E-state index contributed by atoms with van der Waals surface area (Å²) >= 11 is 0. The van der Waals surface area contributed by atoms with Crippen LogP contribution >= 0.6 is 0 Å². The molecule has 0 aliphatic rings. The fraction of sp³-hybridized carbons (Fsp3) is 0.538. The molecule has 3 N–H and O–H groups in total. The van der Waals surface area contributed by atoms with E-state index in [2.05, 4.69) is 0 Å². The number of halogens is 2. The Balaban J connectivity index is 2.89. The topological polar surface area (TPSA) is 46.2 Å². The van der Waals surface area contributed by atoms with Gasteiger partial charge in [-0.1, -0.05) is 19.1 Å². The van der Waals surface area contributed by atoms with Crippen molar-refractivity contribution in [3.8, 4) is 0 Å². The van der Waals surface area contributed by atoms with Crippen molar-refractivity contribution in [1.29, 1.82) is 0 Å². The van der Waals surface area contributed by atoms with E-state index in [0.29, 0.717) is 24.9 Å². The summed E-state index contributed by atoms with van der Waals surface area (Å²) in [6, 6.07) is 4.21. The lowest BCUT2D eigenvalue weighted by Gasteiger charge is -2.21. The summed E-state index contributed by atoms with van der Waals surface area (Å²) in [5.41, 5.74) is 5.88. The first-order valence-corrected chi connectivity index (χ1v) is 5.88. The number of aliphatic hydroxyl groups excluding tert-OH is 1. The highest BCUT2D eigenvalue weighted by Gasteiger charge is 2.20. The highest BCUT2D eigenvalue weighted by Crippen LogP contribution is 2.29. The van der Waals surface area contributed by atoms with Crippen LogP contribution in [-0.4, -0.2) is 18.3 Å². The molecule has 1 rings (SSSR count). The van der Waals surface area contributed by atoms with Gasteiger partial charge in [-0.05, 0) is 42.9 Å². The first-order chi connectivity index (χ1) is 8.13. The smallest absolute Gasteiger partial charge is 0.162 e. The molecule has 0 heterocycles. The van der Waals surface area contributed by atoms with Crippen molar-refractivity contribution >= 4 is 0 Å². The lowest BCUT2D eigenvalue weighted by Crippen LogP contribution is -2.21. The maximum atomic E-state index is 13.6. The molecule has 0 amide bonds. The Morgan fingerprint density at radius 2 is 2.06 bits per heavy atom. The maximum absolute atomic E-state index is 13.6. The SMILES string of the molecule is CCC(CC(CN)CO)c1cccc(F)c1F. The van der Waals surface area contributed by atoms with Gasteiger partial charge in [-0.15, -0.1) is 0 Å². The Labute approximate surface area is 100 Å². The molecule has 0 saturated heterocycles. The fourth-order valence-corrected chi connectivity index (χ4v) is 2.00. The van der Waals surface area contributed by atoms with Gasteiger partial charge in [0.2, 0.25) is 0 Å². The Bertz CT molecular complexity index is 353. The molecule has 17 heavy (non-hydrogen) atoms. The predicted molar refractivity (Wildman–Crippen MR) is 63.6 cm³/mol. The fourth-order valence-electron chi connectivity index (χ4n) is 2.00. The van der Waals surface area contributed by atoms with E-state index < -0.39 is 11.6 Å². The van der Waals surface area contributed by atoms with Crippen LogP contribution in [0.4, 0.5) is 8.78 Å². The molecule has 0 aromatic heterocycles. The standard InChI is InChI=1S/C13H19F2NO/c1-2-10(6-9(7-16)8-17)11-4-3-5-12(14)13(11)15/h3-5,9-10,17H,2,6-8,16H2,1H3. The van der Waals surface area contributed by atoms with Crippen molar-refractivity contribution in [2.75, 3.05) is 13.2 Å². The van der Waals surface area contributed by atoms with E-state index in [1.807, 2.05) is 6.92 Å². The van der Waals surface area contributed by atoms with E-state index in [-0.39, 0.29) is 18.4 Å². The van der Waals surface area contributed by atoms with E-state index in [0.717, 1.165) is 6.07 Å². The zero-order valence-electron chi connectivity index (χ0n) is 10.00. The molecule has 0 saturated carbocycles. The van der Waals surface area contributed by atoms with Crippen molar-refractivity contribution in [2.45, 2.75) is 25.7 Å². The molecule has 2 unspecified atom stereocenters. The summed E-state index contributed by atoms with van der Waals surface area (Å²) in [5, 5.41) is 9.09. The van der Waals surface area contributed by atoms with Gasteiger partial charge < -0.3 is 10.8 Å². The number of nitrogens with two attached hydrogens (primary N) is 1. The predicted octanol–water partition coefficient (Wildman–Crippen LogP) is 2.42. The van der Waals surface area contributed by atoms with Crippen LogP contribution in [0, 0.1) is 17.6 Å². The number of aliphatic hydroxyl groups is 1. The molecule has 0 radical (unpaired) electrons. The van der Waals surface area contributed by atoms with Gasteiger partial charge in [0.15, 0.2) is 11.6 Å². The van der Waals surface area contributed by atoms with Crippen LogP contribution < -0.4 is 5.73 Å². The molecule has 96 valence electrons. The summed E-state index contributed by atoms with van der Waals surface area (Å²) < 4.78 is 26.8. The third-order valence-electron chi connectivity index (χ3n) is 3.12. The van der Waals surface area contributed by atoms with Crippen LogP contribution in [-0.2, 0) is 0 Å². The van der Waals surface area contributed by atoms with Gasteiger partial charge in [0, 0.05) is 6.61 Å². The molecular weight excluding hydrogens is 224 g/mol. The van der Waals surface area contributed by atoms with Crippen molar-refractivity contribution in [3.63, 3.8) is 0 Å². The van der Waals surface area contributed by atoms with Crippen molar-refractivity contribution in [3.05, 3.63) is 35.4 Å². The van der Waals surface area contributed by atoms with E-state index in [9.17, 15) is 8.78 Å². The summed E-state index contributed by atoms with van der Waals surface area (Å²) in [6.07, 6.45) is 1.26. The average Bonchev–Trinajstić information content (AvgIpc) is 2.35. The minimum absolute atomic E-state index is 0.0239.